The zero-order valence-corrected chi connectivity index (χ0v) is 15.6. The second kappa shape index (κ2) is 7.52. The van der Waals surface area contributed by atoms with E-state index in [0.29, 0.717) is 22.9 Å². The first kappa shape index (κ1) is 18.3. The molecule has 0 bridgehead atoms. The van der Waals surface area contributed by atoms with Gasteiger partial charge < -0.3 is 0 Å². The smallest absolute Gasteiger partial charge is 0.289 e. The number of benzene rings is 2. The Kier molecular flexibility index (Phi) is 4.92. The molecule has 142 valence electrons. The topological polar surface area (TPSA) is 44.0 Å². The van der Waals surface area contributed by atoms with Gasteiger partial charge in [0.15, 0.2) is 11.6 Å². The molecule has 0 N–H and O–H groups in total. The number of hydrogen-bond donors (Lipinski definition) is 0. The first-order valence-corrected chi connectivity index (χ1v) is 9.61. The largest absolute Gasteiger partial charge is 0.331 e. The second-order valence-corrected chi connectivity index (χ2v) is 7.45. The van der Waals surface area contributed by atoms with Crippen LogP contribution in [0.25, 0.3) is 10.9 Å². The molecule has 2 aromatic heterocycles. The van der Waals surface area contributed by atoms with Crippen LogP contribution in [0.1, 0.15) is 10.4 Å². The van der Waals surface area contributed by atoms with Crippen LogP contribution >= 0.6 is 11.3 Å². The van der Waals surface area contributed by atoms with Crippen molar-refractivity contribution in [1.29, 1.82) is 0 Å². The molecule has 0 aliphatic heterocycles. The molecule has 0 spiro atoms. The number of rotatable bonds is 5. The molecule has 0 saturated heterocycles. The minimum atomic E-state index is -0.971. The molecule has 2 heterocycles. The maximum atomic E-state index is 13.6. The van der Waals surface area contributed by atoms with E-state index in [0.717, 1.165) is 17.0 Å². The van der Waals surface area contributed by atoms with E-state index in [1.165, 1.54) is 15.2 Å². The lowest BCUT2D eigenvalue weighted by Gasteiger charge is -2.14. The zero-order chi connectivity index (χ0) is 19.7. The molecule has 0 aliphatic carbocycles. The summed E-state index contributed by atoms with van der Waals surface area (Å²) < 4.78 is 29.5. The highest BCUT2D eigenvalue weighted by atomic mass is 32.1. The van der Waals surface area contributed by atoms with Crippen molar-refractivity contribution in [2.45, 2.75) is 19.5 Å². The molecule has 0 radical (unpaired) electrons. The summed E-state index contributed by atoms with van der Waals surface area (Å²) in [5.74, 6) is -1.91. The lowest BCUT2D eigenvalue weighted by Crippen LogP contribution is -2.40. The Hall–Kier alpha value is -3.06. The van der Waals surface area contributed by atoms with Gasteiger partial charge in [0.05, 0.1) is 17.4 Å². The van der Waals surface area contributed by atoms with Crippen molar-refractivity contribution in [3.8, 4) is 0 Å². The van der Waals surface area contributed by atoms with E-state index in [4.69, 9.17) is 0 Å². The third kappa shape index (κ3) is 3.41. The highest BCUT2D eigenvalue weighted by Gasteiger charge is 2.14. The SMILES string of the molecule is O=c1c2ccccc2n(Cc2ccc(F)c(F)c2)c(=O)n1CCc1cccs1. The van der Waals surface area contributed by atoms with Gasteiger partial charge in [-0.25, -0.2) is 13.6 Å². The van der Waals surface area contributed by atoms with Crippen molar-refractivity contribution in [1.82, 2.24) is 9.13 Å². The van der Waals surface area contributed by atoms with Crippen LogP contribution in [0.15, 0.2) is 69.6 Å². The molecular weight excluding hydrogens is 382 g/mol. The molecule has 0 saturated carbocycles. The predicted octanol–water partition coefficient (Wildman–Crippen LogP) is 3.79. The normalized spacial score (nSPS) is 11.2. The van der Waals surface area contributed by atoms with E-state index < -0.39 is 17.3 Å². The maximum Gasteiger partial charge on any atom is 0.331 e. The van der Waals surface area contributed by atoms with Crippen molar-refractivity contribution in [2.24, 2.45) is 0 Å². The summed E-state index contributed by atoms with van der Waals surface area (Å²) in [6.45, 7) is 0.288. The van der Waals surface area contributed by atoms with Crippen LogP contribution in [0, 0.1) is 11.6 Å². The summed E-state index contributed by atoms with van der Waals surface area (Å²) in [5, 5.41) is 2.36. The van der Waals surface area contributed by atoms with Crippen molar-refractivity contribution in [2.75, 3.05) is 0 Å². The first-order valence-electron chi connectivity index (χ1n) is 8.73. The fraction of sp³-hybridized carbons (Fsp3) is 0.143. The molecule has 0 fully saturated rings. The van der Waals surface area contributed by atoms with Crippen molar-refractivity contribution >= 4 is 22.2 Å². The molecule has 7 heteroatoms. The van der Waals surface area contributed by atoms with Crippen molar-refractivity contribution in [3.05, 3.63) is 103 Å². The van der Waals surface area contributed by atoms with E-state index in [2.05, 4.69) is 0 Å². The monoisotopic (exact) mass is 398 g/mol. The molecule has 0 unspecified atom stereocenters. The van der Waals surface area contributed by atoms with Crippen molar-refractivity contribution < 1.29 is 8.78 Å². The molecule has 0 aliphatic rings. The lowest BCUT2D eigenvalue weighted by molar-refractivity contribution is 0.506. The summed E-state index contributed by atoms with van der Waals surface area (Å²) in [6.07, 6.45) is 0.566. The van der Waals surface area contributed by atoms with E-state index in [9.17, 15) is 18.4 Å². The quantitative estimate of drug-likeness (QED) is 0.513. The molecule has 2 aromatic carbocycles. The van der Waals surface area contributed by atoms with Crippen LogP contribution in [0.5, 0.6) is 0 Å². The Balaban J connectivity index is 1.83. The fourth-order valence-corrected chi connectivity index (χ4v) is 3.92. The summed E-state index contributed by atoms with van der Waals surface area (Å²) in [4.78, 5) is 27.0. The molecule has 4 rings (SSSR count). The van der Waals surface area contributed by atoms with Gasteiger partial charge in [-0.3, -0.25) is 13.9 Å². The number of hydrogen-bond acceptors (Lipinski definition) is 3. The van der Waals surface area contributed by atoms with Crippen LogP contribution in [0.4, 0.5) is 8.78 Å². The van der Waals surface area contributed by atoms with Gasteiger partial charge in [0.2, 0.25) is 0 Å². The molecule has 0 amide bonds. The van der Waals surface area contributed by atoms with Crippen LogP contribution in [-0.4, -0.2) is 9.13 Å². The summed E-state index contributed by atoms with van der Waals surface area (Å²) in [7, 11) is 0. The van der Waals surface area contributed by atoms with Gasteiger partial charge in [0.25, 0.3) is 5.56 Å². The average Bonchev–Trinajstić information content (AvgIpc) is 3.21. The van der Waals surface area contributed by atoms with Crippen LogP contribution < -0.4 is 11.2 Å². The summed E-state index contributed by atoms with van der Waals surface area (Å²) in [5.41, 5.74) is 0.0906. The van der Waals surface area contributed by atoms with Crippen molar-refractivity contribution in [3.63, 3.8) is 0 Å². The van der Waals surface area contributed by atoms with Gasteiger partial charge in [0, 0.05) is 11.4 Å². The Bertz CT molecular complexity index is 1260. The van der Waals surface area contributed by atoms with Gasteiger partial charge in [0.1, 0.15) is 0 Å². The van der Waals surface area contributed by atoms with Gasteiger partial charge in [-0.2, -0.15) is 0 Å². The summed E-state index contributed by atoms with van der Waals surface area (Å²) >= 11 is 1.57. The Morgan fingerprint density at radius 1 is 0.893 bits per heavy atom. The summed E-state index contributed by atoms with van der Waals surface area (Å²) in [6, 6.07) is 14.2. The minimum Gasteiger partial charge on any atom is -0.289 e. The third-order valence-corrected chi connectivity index (χ3v) is 5.55. The number of halogens is 2. The highest BCUT2D eigenvalue weighted by Crippen LogP contribution is 2.14. The molecule has 0 atom stereocenters. The standard InChI is InChI=1S/C21H16F2N2O2S/c22-17-8-7-14(12-18(17)23)13-25-19-6-2-1-5-16(19)20(26)24(21(25)27)10-9-15-4-3-11-28-15/h1-8,11-12H,9-10,13H2. The van der Waals surface area contributed by atoms with E-state index in [-0.39, 0.29) is 18.6 Å². The lowest BCUT2D eigenvalue weighted by atomic mass is 10.2. The Labute approximate surface area is 162 Å². The zero-order valence-electron chi connectivity index (χ0n) is 14.8. The fourth-order valence-electron chi connectivity index (χ4n) is 3.22. The number of para-hydroxylation sites is 1. The third-order valence-electron chi connectivity index (χ3n) is 4.62. The van der Waals surface area contributed by atoms with E-state index >= 15 is 0 Å². The van der Waals surface area contributed by atoms with Crippen LogP contribution in [0.3, 0.4) is 0 Å². The average molecular weight is 398 g/mol. The Morgan fingerprint density at radius 3 is 2.46 bits per heavy atom. The highest BCUT2D eigenvalue weighted by molar-refractivity contribution is 7.09. The van der Waals surface area contributed by atoms with Crippen LogP contribution in [-0.2, 0) is 19.5 Å². The van der Waals surface area contributed by atoms with Gasteiger partial charge in [-0.05, 0) is 47.7 Å². The first-order chi connectivity index (χ1) is 13.5. The number of aryl methyl sites for hydroxylation is 1. The van der Waals surface area contributed by atoms with Gasteiger partial charge in [-0.15, -0.1) is 11.3 Å². The number of nitrogens with zero attached hydrogens (tertiary/aromatic N) is 2. The van der Waals surface area contributed by atoms with Gasteiger partial charge >= 0.3 is 5.69 Å². The Morgan fingerprint density at radius 2 is 1.71 bits per heavy atom. The van der Waals surface area contributed by atoms with Gasteiger partial charge in [-0.1, -0.05) is 24.3 Å². The van der Waals surface area contributed by atoms with Crippen LogP contribution in [0.2, 0.25) is 0 Å². The molecule has 4 nitrogen and oxygen atoms in total. The minimum absolute atomic E-state index is 0.0375. The predicted molar refractivity (Wildman–Crippen MR) is 106 cm³/mol. The maximum absolute atomic E-state index is 13.6. The van der Waals surface area contributed by atoms with E-state index in [1.807, 2.05) is 17.5 Å². The molecule has 28 heavy (non-hydrogen) atoms. The molecule has 4 aromatic rings. The molecular formula is C21H16F2N2O2S. The number of thiophene rings is 1. The van der Waals surface area contributed by atoms with E-state index in [1.54, 1.807) is 35.6 Å². The number of fused-ring (bicyclic) bond motifs is 1. The number of aromatic nitrogens is 2. The second-order valence-electron chi connectivity index (χ2n) is 6.42.